The van der Waals surface area contributed by atoms with Gasteiger partial charge in [-0.15, -0.1) is 11.3 Å². The van der Waals surface area contributed by atoms with Crippen LogP contribution in [0.25, 0.3) is 10.6 Å². The zero-order chi connectivity index (χ0) is 18.5. The summed E-state index contributed by atoms with van der Waals surface area (Å²) in [7, 11) is 0. The summed E-state index contributed by atoms with van der Waals surface area (Å²) in [6.07, 6.45) is 3.22. The lowest BCUT2D eigenvalue weighted by molar-refractivity contribution is -0.136. The number of esters is 1. The number of piperidine rings is 1. The zero-order valence-corrected chi connectivity index (χ0v) is 15.2. The van der Waals surface area contributed by atoms with Crippen LogP contribution in [0, 0.1) is 0 Å². The van der Waals surface area contributed by atoms with Gasteiger partial charge in [-0.05, 0) is 37.1 Å². The molecule has 1 unspecified atom stereocenters. The van der Waals surface area contributed by atoms with Gasteiger partial charge in [-0.2, -0.15) is 0 Å². The van der Waals surface area contributed by atoms with Crippen molar-refractivity contribution in [3.05, 3.63) is 35.4 Å². The Morgan fingerprint density at radius 2 is 2.19 bits per heavy atom. The van der Waals surface area contributed by atoms with E-state index >= 15 is 0 Å². The van der Waals surface area contributed by atoms with Gasteiger partial charge in [-0.1, -0.05) is 0 Å². The van der Waals surface area contributed by atoms with Gasteiger partial charge in [0.25, 0.3) is 5.91 Å². The van der Waals surface area contributed by atoms with E-state index in [1.54, 1.807) is 29.4 Å². The molecule has 7 nitrogen and oxygen atoms in total. The largest absolute Gasteiger partial charge is 0.464 e. The van der Waals surface area contributed by atoms with E-state index in [4.69, 9.17) is 9.15 Å². The van der Waals surface area contributed by atoms with E-state index in [0.717, 1.165) is 17.7 Å². The highest BCUT2D eigenvalue weighted by Gasteiger charge is 2.25. The number of carbonyl (C=O) groups is 3. The molecule has 1 atom stereocenters. The van der Waals surface area contributed by atoms with Gasteiger partial charge in [0.05, 0.1) is 11.1 Å². The van der Waals surface area contributed by atoms with Crippen LogP contribution in [0.3, 0.4) is 0 Å². The Kier molecular flexibility index (Phi) is 5.72. The van der Waals surface area contributed by atoms with E-state index in [2.05, 4.69) is 5.32 Å². The molecule has 0 bridgehead atoms. The van der Waals surface area contributed by atoms with E-state index in [1.165, 1.54) is 18.3 Å². The molecule has 2 aromatic heterocycles. The Morgan fingerprint density at radius 3 is 2.92 bits per heavy atom. The molecule has 1 aliphatic rings. The molecular formula is C18H20N2O5S. The molecule has 1 saturated heterocycles. The number of nitrogens with one attached hydrogen (secondary N) is 1. The molecule has 2 amide bonds. The summed E-state index contributed by atoms with van der Waals surface area (Å²) < 4.78 is 10.4. The van der Waals surface area contributed by atoms with Crippen molar-refractivity contribution in [3.63, 3.8) is 0 Å². The fraction of sp³-hybridized carbons (Fsp3) is 0.389. The summed E-state index contributed by atoms with van der Waals surface area (Å²) in [6, 6.07) is 6.98. The Labute approximate surface area is 154 Å². The molecule has 3 heterocycles. The van der Waals surface area contributed by atoms with Crippen LogP contribution < -0.4 is 5.32 Å². The van der Waals surface area contributed by atoms with Crippen molar-refractivity contribution in [2.45, 2.75) is 25.8 Å². The van der Waals surface area contributed by atoms with Gasteiger partial charge in [0, 0.05) is 26.1 Å². The molecule has 1 N–H and O–H groups in total. The molecule has 0 radical (unpaired) electrons. The average Bonchev–Trinajstić information content (AvgIpc) is 3.30. The number of hydrogen-bond acceptors (Lipinski definition) is 6. The topological polar surface area (TPSA) is 88.9 Å². The van der Waals surface area contributed by atoms with Crippen LogP contribution in [0.1, 0.15) is 29.4 Å². The maximum atomic E-state index is 12.3. The van der Waals surface area contributed by atoms with Gasteiger partial charge < -0.3 is 19.4 Å². The molecular weight excluding hydrogens is 356 g/mol. The van der Waals surface area contributed by atoms with Crippen LogP contribution in [-0.2, 0) is 14.3 Å². The van der Waals surface area contributed by atoms with Crippen molar-refractivity contribution < 1.29 is 23.5 Å². The quantitative estimate of drug-likeness (QED) is 0.809. The van der Waals surface area contributed by atoms with Gasteiger partial charge in [0.1, 0.15) is 10.6 Å². The summed E-state index contributed by atoms with van der Waals surface area (Å²) in [5, 5.41) is 2.83. The van der Waals surface area contributed by atoms with Gasteiger partial charge >= 0.3 is 5.97 Å². The van der Waals surface area contributed by atoms with Crippen molar-refractivity contribution in [3.8, 4) is 10.6 Å². The molecule has 138 valence electrons. The third-order valence-electron chi connectivity index (χ3n) is 4.08. The van der Waals surface area contributed by atoms with E-state index < -0.39 is 5.97 Å². The number of nitrogens with zero attached hydrogens (tertiary/aromatic N) is 1. The maximum Gasteiger partial charge on any atom is 0.348 e. The molecule has 3 rings (SSSR count). The summed E-state index contributed by atoms with van der Waals surface area (Å²) >= 11 is 1.25. The zero-order valence-electron chi connectivity index (χ0n) is 14.4. The smallest absolute Gasteiger partial charge is 0.348 e. The van der Waals surface area contributed by atoms with Crippen molar-refractivity contribution in [1.29, 1.82) is 0 Å². The molecule has 0 aromatic carbocycles. The minimum absolute atomic E-state index is 0.0472. The second kappa shape index (κ2) is 8.18. The Bertz CT molecular complexity index is 783. The predicted molar refractivity (Wildman–Crippen MR) is 95.7 cm³/mol. The van der Waals surface area contributed by atoms with Gasteiger partial charge in [-0.3, -0.25) is 9.59 Å². The normalized spacial score (nSPS) is 17.0. The lowest BCUT2D eigenvalue weighted by atomic mass is 10.1. The van der Waals surface area contributed by atoms with Crippen molar-refractivity contribution >= 4 is 29.1 Å². The van der Waals surface area contributed by atoms with Crippen LogP contribution in [0.5, 0.6) is 0 Å². The molecule has 0 saturated carbocycles. The van der Waals surface area contributed by atoms with Gasteiger partial charge in [0.2, 0.25) is 5.91 Å². The fourth-order valence-corrected chi connectivity index (χ4v) is 3.77. The number of furan rings is 1. The number of amides is 2. The SMILES string of the molecule is CC(=O)NC1CCCN(C(=O)COC(=O)c2ccc(-c3ccco3)s2)C1. The number of rotatable bonds is 5. The second-order valence-electron chi connectivity index (χ2n) is 6.10. The fourth-order valence-electron chi connectivity index (χ4n) is 2.90. The minimum atomic E-state index is -0.531. The molecule has 8 heteroatoms. The highest BCUT2D eigenvalue weighted by Crippen LogP contribution is 2.28. The lowest BCUT2D eigenvalue weighted by Gasteiger charge is -2.32. The Morgan fingerprint density at radius 1 is 1.35 bits per heavy atom. The summed E-state index contributed by atoms with van der Waals surface area (Å²) in [6.45, 7) is 2.20. The summed E-state index contributed by atoms with van der Waals surface area (Å²) in [5.74, 6) is -0.212. The van der Waals surface area contributed by atoms with Crippen LogP contribution in [0.4, 0.5) is 0 Å². The predicted octanol–water partition coefficient (Wildman–Crippen LogP) is 2.29. The Hall–Kier alpha value is -2.61. The number of ether oxygens (including phenoxy) is 1. The first-order chi connectivity index (χ1) is 12.5. The summed E-state index contributed by atoms with van der Waals surface area (Å²) in [5.41, 5.74) is 0. The minimum Gasteiger partial charge on any atom is -0.464 e. The van der Waals surface area contributed by atoms with E-state index in [-0.39, 0.29) is 24.5 Å². The van der Waals surface area contributed by atoms with Crippen molar-refractivity contribution in [2.75, 3.05) is 19.7 Å². The molecule has 26 heavy (non-hydrogen) atoms. The van der Waals surface area contributed by atoms with Crippen molar-refractivity contribution in [1.82, 2.24) is 10.2 Å². The molecule has 2 aromatic rings. The number of carbonyl (C=O) groups excluding carboxylic acids is 3. The first kappa shape index (κ1) is 18.2. The average molecular weight is 376 g/mol. The van der Waals surface area contributed by atoms with Crippen LogP contribution in [0.2, 0.25) is 0 Å². The third kappa shape index (κ3) is 4.51. The summed E-state index contributed by atoms with van der Waals surface area (Å²) in [4.78, 5) is 38.5. The van der Waals surface area contributed by atoms with Crippen molar-refractivity contribution in [2.24, 2.45) is 0 Å². The number of likely N-dealkylation sites (tertiary alicyclic amines) is 1. The molecule has 1 aliphatic heterocycles. The van der Waals surface area contributed by atoms with Gasteiger partial charge in [-0.25, -0.2) is 4.79 Å². The molecule has 0 spiro atoms. The number of thiophene rings is 1. The number of hydrogen-bond donors (Lipinski definition) is 1. The van der Waals surface area contributed by atoms with Crippen LogP contribution in [0.15, 0.2) is 34.9 Å². The monoisotopic (exact) mass is 376 g/mol. The Balaban J connectivity index is 1.51. The highest BCUT2D eigenvalue weighted by atomic mass is 32.1. The second-order valence-corrected chi connectivity index (χ2v) is 7.18. The molecule has 1 fully saturated rings. The molecule has 0 aliphatic carbocycles. The van der Waals surface area contributed by atoms with Crippen LogP contribution >= 0.6 is 11.3 Å². The first-order valence-electron chi connectivity index (χ1n) is 8.38. The first-order valence-corrected chi connectivity index (χ1v) is 9.20. The lowest BCUT2D eigenvalue weighted by Crippen LogP contribution is -2.50. The van der Waals surface area contributed by atoms with E-state index in [1.807, 2.05) is 6.07 Å². The third-order valence-corrected chi connectivity index (χ3v) is 5.16. The van der Waals surface area contributed by atoms with Crippen LogP contribution in [-0.4, -0.2) is 48.4 Å². The maximum absolute atomic E-state index is 12.3. The van der Waals surface area contributed by atoms with E-state index in [0.29, 0.717) is 23.7 Å². The van der Waals surface area contributed by atoms with E-state index in [9.17, 15) is 14.4 Å². The van der Waals surface area contributed by atoms with Gasteiger partial charge in [0.15, 0.2) is 6.61 Å². The highest BCUT2D eigenvalue weighted by molar-refractivity contribution is 7.17. The standard InChI is InChI=1S/C18H20N2O5S/c1-12(21)19-13-4-2-8-20(10-13)17(22)11-25-18(23)16-7-6-15(26-16)14-5-3-9-24-14/h3,5-7,9,13H,2,4,8,10-11H2,1H3,(H,19,21).